The summed E-state index contributed by atoms with van der Waals surface area (Å²) >= 11 is 0. The lowest BCUT2D eigenvalue weighted by Gasteiger charge is -2.21. The maximum absolute atomic E-state index is 4.27. The SMILES string of the molecule is Cc1n[nH]c(C)c1C1CCCCC1. The van der Waals surface area contributed by atoms with Crippen LogP contribution in [-0.2, 0) is 0 Å². The molecule has 2 rings (SSSR count). The monoisotopic (exact) mass is 178 g/mol. The molecule has 0 atom stereocenters. The lowest BCUT2D eigenvalue weighted by Crippen LogP contribution is -2.06. The van der Waals surface area contributed by atoms with E-state index in [1.807, 2.05) is 0 Å². The molecule has 0 unspecified atom stereocenters. The van der Waals surface area contributed by atoms with Crippen LogP contribution in [0.2, 0.25) is 0 Å². The topological polar surface area (TPSA) is 28.7 Å². The molecule has 0 saturated heterocycles. The zero-order valence-corrected chi connectivity index (χ0v) is 8.56. The van der Waals surface area contributed by atoms with Crippen LogP contribution in [0, 0.1) is 13.8 Å². The average molecular weight is 178 g/mol. The van der Waals surface area contributed by atoms with Gasteiger partial charge in [0.15, 0.2) is 0 Å². The van der Waals surface area contributed by atoms with Gasteiger partial charge < -0.3 is 0 Å². The minimum atomic E-state index is 0.785. The first-order chi connectivity index (χ1) is 6.29. The van der Waals surface area contributed by atoms with Crippen LogP contribution in [0.3, 0.4) is 0 Å². The Kier molecular flexibility index (Phi) is 2.38. The summed E-state index contributed by atoms with van der Waals surface area (Å²) in [4.78, 5) is 0. The van der Waals surface area contributed by atoms with Crippen molar-refractivity contribution in [1.29, 1.82) is 0 Å². The molecule has 0 radical (unpaired) electrons. The number of aromatic nitrogens is 2. The fraction of sp³-hybridized carbons (Fsp3) is 0.727. The molecule has 0 spiro atoms. The molecule has 1 saturated carbocycles. The second-order valence-corrected chi connectivity index (χ2v) is 4.18. The lowest BCUT2D eigenvalue weighted by molar-refractivity contribution is 0.441. The van der Waals surface area contributed by atoms with Crippen molar-refractivity contribution in [2.75, 3.05) is 0 Å². The molecule has 1 aromatic rings. The van der Waals surface area contributed by atoms with Crippen molar-refractivity contribution < 1.29 is 0 Å². The van der Waals surface area contributed by atoms with Crippen molar-refractivity contribution >= 4 is 0 Å². The minimum Gasteiger partial charge on any atom is -0.282 e. The van der Waals surface area contributed by atoms with Crippen molar-refractivity contribution in [2.24, 2.45) is 0 Å². The number of nitrogens with one attached hydrogen (secondary N) is 1. The summed E-state index contributed by atoms with van der Waals surface area (Å²) < 4.78 is 0. The predicted molar refractivity (Wildman–Crippen MR) is 53.9 cm³/mol. The van der Waals surface area contributed by atoms with E-state index in [1.54, 1.807) is 0 Å². The first-order valence-electron chi connectivity index (χ1n) is 5.30. The van der Waals surface area contributed by atoms with Crippen LogP contribution in [0.1, 0.15) is 55.0 Å². The molecule has 1 fully saturated rings. The van der Waals surface area contributed by atoms with Crippen LogP contribution >= 0.6 is 0 Å². The Hall–Kier alpha value is -0.790. The zero-order chi connectivity index (χ0) is 9.26. The van der Waals surface area contributed by atoms with Gasteiger partial charge in [0.1, 0.15) is 0 Å². The molecule has 0 bridgehead atoms. The Morgan fingerprint density at radius 2 is 1.85 bits per heavy atom. The van der Waals surface area contributed by atoms with Crippen molar-refractivity contribution in [3.63, 3.8) is 0 Å². The molecule has 0 aromatic carbocycles. The van der Waals surface area contributed by atoms with Gasteiger partial charge in [-0.3, -0.25) is 5.10 Å². The fourth-order valence-corrected chi connectivity index (χ4v) is 2.55. The molecule has 13 heavy (non-hydrogen) atoms. The van der Waals surface area contributed by atoms with Crippen LogP contribution in [0.4, 0.5) is 0 Å². The summed E-state index contributed by atoms with van der Waals surface area (Å²) in [6, 6.07) is 0. The third-order valence-corrected chi connectivity index (χ3v) is 3.20. The second kappa shape index (κ2) is 3.52. The number of hydrogen-bond donors (Lipinski definition) is 1. The summed E-state index contributed by atoms with van der Waals surface area (Å²) in [7, 11) is 0. The second-order valence-electron chi connectivity index (χ2n) is 4.18. The van der Waals surface area contributed by atoms with Crippen molar-refractivity contribution in [2.45, 2.75) is 51.9 Å². The first-order valence-corrected chi connectivity index (χ1v) is 5.30. The predicted octanol–water partition coefficient (Wildman–Crippen LogP) is 3.07. The summed E-state index contributed by atoms with van der Waals surface area (Å²) in [5.41, 5.74) is 3.99. The van der Waals surface area contributed by atoms with Gasteiger partial charge in [0.2, 0.25) is 0 Å². The smallest absolute Gasteiger partial charge is 0.0628 e. The summed E-state index contributed by atoms with van der Waals surface area (Å²) in [6.45, 7) is 4.26. The van der Waals surface area contributed by atoms with E-state index in [0.717, 1.165) is 5.92 Å². The van der Waals surface area contributed by atoms with Crippen LogP contribution in [0.25, 0.3) is 0 Å². The molecule has 1 aromatic heterocycles. The molecular formula is C11H18N2. The van der Waals surface area contributed by atoms with E-state index in [2.05, 4.69) is 24.0 Å². The van der Waals surface area contributed by atoms with Crippen LogP contribution < -0.4 is 0 Å². The normalized spacial score (nSPS) is 19.2. The van der Waals surface area contributed by atoms with E-state index in [-0.39, 0.29) is 0 Å². The summed E-state index contributed by atoms with van der Waals surface area (Å²) in [6.07, 6.45) is 6.94. The van der Waals surface area contributed by atoms with Gasteiger partial charge in [0, 0.05) is 5.69 Å². The highest BCUT2D eigenvalue weighted by atomic mass is 15.1. The Bertz CT molecular complexity index is 263. The zero-order valence-electron chi connectivity index (χ0n) is 8.56. The van der Waals surface area contributed by atoms with Gasteiger partial charge in [0.05, 0.1) is 5.69 Å². The first kappa shape index (κ1) is 8.79. The van der Waals surface area contributed by atoms with Gasteiger partial charge in [-0.2, -0.15) is 5.10 Å². The highest BCUT2D eigenvalue weighted by molar-refractivity contribution is 5.27. The quantitative estimate of drug-likeness (QED) is 0.703. The third kappa shape index (κ3) is 1.62. The lowest BCUT2D eigenvalue weighted by atomic mass is 9.83. The molecule has 2 nitrogen and oxygen atoms in total. The largest absolute Gasteiger partial charge is 0.282 e. The van der Waals surface area contributed by atoms with E-state index < -0.39 is 0 Å². The van der Waals surface area contributed by atoms with E-state index in [9.17, 15) is 0 Å². The van der Waals surface area contributed by atoms with Crippen LogP contribution in [-0.4, -0.2) is 10.2 Å². The van der Waals surface area contributed by atoms with E-state index in [4.69, 9.17) is 0 Å². The Labute approximate surface area is 79.7 Å². The molecule has 72 valence electrons. The number of H-pyrrole nitrogens is 1. The summed E-state index contributed by atoms with van der Waals surface area (Å²) in [5.74, 6) is 0.785. The van der Waals surface area contributed by atoms with Gasteiger partial charge in [-0.05, 0) is 38.2 Å². The summed E-state index contributed by atoms with van der Waals surface area (Å²) in [5, 5.41) is 7.35. The van der Waals surface area contributed by atoms with Crippen molar-refractivity contribution in [3.8, 4) is 0 Å². The van der Waals surface area contributed by atoms with E-state index >= 15 is 0 Å². The van der Waals surface area contributed by atoms with Crippen molar-refractivity contribution in [1.82, 2.24) is 10.2 Å². The Morgan fingerprint density at radius 3 is 2.38 bits per heavy atom. The van der Waals surface area contributed by atoms with Crippen LogP contribution in [0.15, 0.2) is 0 Å². The van der Waals surface area contributed by atoms with Crippen LogP contribution in [0.5, 0.6) is 0 Å². The highest BCUT2D eigenvalue weighted by Crippen LogP contribution is 2.34. The molecule has 1 aliphatic carbocycles. The number of hydrogen-bond acceptors (Lipinski definition) is 1. The molecule has 1 heterocycles. The van der Waals surface area contributed by atoms with Gasteiger partial charge in [-0.15, -0.1) is 0 Å². The van der Waals surface area contributed by atoms with Gasteiger partial charge in [-0.25, -0.2) is 0 Å². The van der Waals surface area contributed by atoms with Crippen molar-refractivity contribution in [3.05, 3.63) is 17.0 Å². The van der Waals surface area contributed by atoms with Gasteiger partial charge in [-0.1, -0.05) is 19.3 Å². The third-order valence-electron chi connectivity index (χ3n) is 3.20. The van der Waals surface area contributed by atoms with Gasteiger partial charge >= 0.3 is 0 Å². The molecule has 1 N–H and O–H groups in total. The number of aryl methyl sites for hydroxylation is 2. The molecule has 2 heteroatoms. The maximum Gasteiger partial charge on any atom is 0.0628 e. The Balaban J connectivity index is 2.22. The average Bonchev–Trinajstić information content (AvgIpc) is 2.48. The molecule has 1 aliphatic rings. The minimum absolute atomic E-state index is 0.785. The number of rotatable bonds is 1. The maximum atomic E-state index is 4.27. The highest BCUT2D eigenvalue weighted by Gasteiger charge is 2.20. The standard InChI is InChI=1S/C11H18N2/c1-8-11(9(2)13-12-8)10-6-4-3-5-7-10/h10H,3-7H2,1-2H3,(H,12,13). The van der Waals surface area contributed by atoms with Gasteiger partial charge in [0.25, 0.3) is 0 Å². The van der Waals surface area contributed by atoms with E-state index in [1.165, 1.54) is 49.1 Å². The van der Waals surface area contributed by atoms with E-state index in [0.29, 0.717) is 0 Å². The fourth-order valence-electron chi connectivity index (χ4n) is 2.55. The number of aromatic amines is 1. The Morgan fingerprint density at radius 1 is 1.15 bits per heavy atom. The molecule has 0 amide bonds. The number of nitrogens with zero attached hydrogens (tertiary/aromatic N) is 1. The molecule has 0 aliphatic heterocycles. The molecular weight excluding hydrogens is 160 g/mol.